The first kappa shape index (κ1) is 13.6. The van der Waals surface area contributed by atoms with Crippen molar-refractivity contribution in [3.63, 3.8) is 0 Å². The standard InChI is InChI=1S/C10H19N3OS2/c1-10(2,3)8-7-15-9(11-8)12-16(6,14)13(4)5/h7H,1-6H3. The predicted octanol–water partition coefficient (Wildman–Crippen LogP) is 2.65. The zero-order chi connectivity index (χ0) is 12.6. The van der Waals surface area contributed by atoms with E-state index in [9.17, 15) is 4.21 Å². The Morgan fingerprint density at radius 1 is 1.44 bits per heavy atom. The van der Waals surface area contributed by atoms with Gasteiger partial charge >= 0.3 is 0 Å². The highest BCUT2D eigenvalue weighted by atomic mass is 32.2. The molecule has 0 aromatic carbocycles. The second kappa shape index (κ2) is 4.43. The van der Waals surface area contributed by atoms with Gasteiger partial charge in [0, 0.05) is 31.1 Å². The van der Waals surface area contributed by atoms with Gasteiger partial charge in [0.05, 0.1) is 5.69 Å². The van der Waals surface area contributed by atoms with Crippen molar-refractivity contribution < 1.29 is 4.21 Å². The van der Waals surface area contributed by atoms with Gasteiger partial charge in [-0.15, -0.1) is 11.3 Å². The number of aromatic nitrogens is 1. The molecule has 0 spiro atoms. The first-order valence-electron chi connectivity index (χ1n) is 4.98. The Labute approximate surface area is 102 Å². The minimum Gasteiger partial charge on any atom is -0.233 e. The van der Waals surface area contributed by atoms with Gasteiger partial charge in [0.2, 0.25) is 5.13 Å². The minimum absolute atomic E-state index is 0.0109. The molecule has 1 heterocycles. The summed E-state index contributed by atoms with van der Waals surface area (Å²) in [6, 6.07) is 0. The van der Waals surface area contributed by atoms with E-state index in [4.69, 9.17) is 0 Å². The van der Waals surface area contributed by atoms with Crippen LogP contribution in [0, 0.1) is 0 Å². The molecule has 92 valence electrons. The van der Waals surface area contributed by atoms with Gasteiger partial charge in [-0.05, 0) is 0 Å². The van der Waals surface area contributed by atoms with Crippen LogP contribution >= 0.6 is 11.3 Å². The first-order valence-corrected chi connectivity index (χ1v) is 7.74. The van der Waals surface area contributed by atoms with Crippen LogP contribution in [0.15, 0.2) is 9.74 Å². The van der Waals surface area contributed by atoms with Gasteiger partial charge in [-0.25, -0.2) is 13.5 Å². The second-order valence-corrected chi connectivity index (χ2v) is 8.21. The van der Waals surface area contributed by atoms with Crippen molar-refractivity contribution in [2.75, 3.05) is 20.4 Å². The lowest BCUT2D eigenvalue weighted by atomic mass is 9.93. The molecule has 16 heavy (non-hydrogen) atoms. The molecule has 1 atom stereocenters. The molecule has 0 aliphatic heterocycles. The molecule has 0 aliphatic carbocycles. The Bertz CT molecular complexity index is 476. The van der Waals surface area contributed by atoms with Crippen molar-refractivity contribution in [2.45, 2.75) is 26.2 Å². The lowest BCUT2D eigenvalue weighted by Gasteiger charge is -2.14. The predicted molar refractivity (Wildman–Crippen MR) is 70.7 cm³/mol. The first-order chi connectivity index (χ1) is 7.13. The van der Waals surface area contributed by atoms with Crippen LogP contribution in [0.1, 0.15) is 26.5 Å². The minimum atomic E-state index is -2.33. The molecule has 0 bridgehead atoms. The molecule has 6 heteroatoms. The van der Waals surface area contributed by atoms with Gasteiger partial charge in [0.15, 0.2) is 0 Å². The molecule has 0 saturated carbocycles. The lowest BCUT2D eigenvalue weighted by molar-refractivity contribution is 0.573. The summed E-state index contributed by atoms with van der Waals surface area (Å²) in [4.78, 5) is 4.40. The Morgan fingerprint density at radius 2 is 2.00 bits per heavy atom. The summed E-state index contributed by atoms with van der Waals surface area (Å²) in [5.74, 6) is 0. The van der Waals surface area contributed by atoms with Crippen LogP contribution in [0.2, 0.25) is 0 Å². The number of hydrogen-bond donors (Lipinski definition) is 0. The average Bonchev–Trinajstić information content (AvgIpc) is 2.50. The highest BCUT2D eigenvalue weighted by Crippen LogP contribution is 2.28. The van der Waals surface area contributed by atoms with Crippen LogP contribution in [0.3, 0.4) is 0 Å². The van der Waals surface area contributed by atoms with Crippen molar-refractivity contribution in [3.05, 3.63) is 11.1 Å². The Kier molecular flexibility index (Phi) is 3.76. The van der Waals surface area contributed by atoms with Crippen molar-refractivity contribution >= 4 is 26.4 Å². The molecule has 0 aliphatic rings. The third-order valence-corrected chi connectivity index (χ3v) is 4.90. The fourth-order valence-corrected chi connectivity index (χ4v) is 2.73. The Balaban J connectivity index is 3.11. The van der Waals surface area contributed by atoms with Gasteiger partial charge in [-0.2, -0.15) is 4.36 Å². The summed E-state index contributed by atoms with van der Waals surface area (Å²) < 4.78 is 17.8. The van der Waals surface area contributed by atoms with E-state index in [2.05, 4.69) is 30.1 Å². The molecule has 1 aromatic rings. The smallest absolute Gasteiger partial charge is 0.219 e. The fraction of sp³-hybridized carbons (Fsp3) is 0.700. The average molecular weight is 261 g/mol. The van der Waals surface area contributed by atoms with E-state index in [0.717, 1.165) is 5.69 Å². The van der Waals surface area contributed by atoms with E-state index in [1.807, 2.05) is 5.38 Å². The summed E-state index contributed by atoms with van der Waals surface area (Å²) in [6.45, 7) is 6.29. The molecular weight excluding hydrogens is 242 g/mol. The number of nitrogens with zero attached hydrogens (tertiary/aromatic N) is 3. The zero-order valence-electron chi connectivity index (χ0n) is 10.6. The van der Waals surface area contributed by atoms with Gasteiger partial charge in [-0.3, -0.25) is 0 Å². The van der Waals surface area contributed by atoms with Gasteiger partial charge in [-0.1, -0.05) is 20.8 Å². The number of hydrogen-bond acceptors (Lipinski definition) is 4. The molecule has 1 unspecified atom stereocenters. The summed E-state index contributed by atoms with van der Waals surface area (Å²) in [5, 5.41) is 2.57. The quantitative estimate of drug-likeness (QED) is 0.821. The molecule has 0 amide bonds. The fourth-order valence-electron chi connectivity index (χ4n) is 0.877. The van der Waals surface area contributed by atoms with Crippen molar-refractivity contribution in [1.82, 2.24) is 9.29 Å². The van der Waals surface area contributed by atoms with Crippen molar-refractivity contribution in [3.8, 4) is 0 Å². The van der Waals surface area contributed by atoms with Crippen LogP contribution in [-0.4, -0.2) is 33.8 Å². The third-order valence-electron chi connectivity index (χ3n) is 2.19. The summed E-state index contributed by atoms with van der Waals surface area (Å²) in [7, 11) is 1.18. The maximum atomic E-state index is 12.0. The van der Waals surface area contributed by atoms with Crippen LogP contribution in [-0.2, 0) is 15.3 Å². The molecule has 0 fully saturated rings. The summed E-state index contributed by atoms with van der Waals surface area (Å²) >= 11 is 1.44. The number of rotatable bonds is 2. The Morgan fingerprint density at radius 3 is 2.38 bits per heavy atom. The van der Waals surface area contributed by atoms with Crippen molar-refractivity contribution in [2.24, 2.45) is 4.36 Å². The van der Waals surface area contributed by atoms with Gasteiger partial charge < -0.3 is 0 Å². The van der Waals surface area contributed by atoms with Crippen molar-refractivity contribution in [1.29, 1.82) is 0 Å². The molecule has 0 N–H and O–H groups in total. The molecule has 0 radical (unpaired) electrons. The number of thiazole rings is 1. The van der Waals surface area contributed by atoms with E-state index in [-0.39, 0.29) is 5.41 Å². The monoisotopic (exact) mass is 261 g/mol. The van der Waals surface area contributed by atoms with E-state index in [1.54, 1.807) is 24.7 Å². The summed E-state index contributed by atoms with van der Waals surface area (Å²) in [6.07, 6.45) is 1.62. The van der Waals surface area contributed by atoms with Crippen LogP contribution in [0.4, 0.5) is 5.13 Å². The largest absolute Gasteiger partial charge is 0.233 e. The van der Waals surface area contributed by atoms with E-state index < -0.39 is 9.92 Å². The van der Waals surface area contributed by atoms with Crippen LogP contribution in [0.25, 0.3) is 0 Å². The maximum absolute atomic E-state index is 12.0. The van der Waals surface area contributed by atoms with Crippen LogP contribution in [0.5, 0.6) is 0 Å². The van der Waals surface area contributed by atoms with Crippen LogP contribution < -0.4 is 0 Å². The molecular formula is C10H19N3OS2. The van der Waals surface area contributed by atoms with E-state index >= 15 is 0 Å². The molecule has 4 nitrogen and oxygen atoms in total. The van der Waals surface area contributed by atoms with E-state index in [1.165, 1.54) is 11.3 Å². The topological polar surface area (TPSA) is 45.6 Å². The van der Waals surface area contributed by atoms with Gasteiger partial charge in [0.25, 0.3) is 0 Å². The van der Waals surface area contributed by atoms with E-state index in [0.29, 0.717) is 5.13 Å². The molecule has 0 saturated heterocycles. The maximum Gasteiger partial charge on any atom is 0.219 e. The normalized spacial score (nSPS) is 16.2. The lowest BCUT2D eigenvalue weighted by Crippen LogP contribution is -2.19. The highest BCUT2D eigenvalue weighted by Gasteiger charge is 2.17. The SMILES string of the molecule is CN(C)S(C)(=O)=Nc1nc(C(C)(C)C)cs1. The third kappa shape index (κ3) is 3.26. The second-order valence-electron chi connectivity index (χ2n) is 4.93. The van der Waals surface area contributed by atoms with Gasteiger partial charge in [0.1, 0.15) is 9.92 Å². The molecule has 1 rings (SSSR count). The zero-order valence-corrected chi connectivity index (χ0v) is 12.3. The Hall–Kier alpha value is -0.460. The highest BCUT2D eigenvalue weighted by molar-refractivity contribution is 7.90. The summed E-state index contributed by atoms with van der Waals surface area (Å²) in [5.41, 5.74) is 1.00. The molecule has 1 aromatic heterocycles.